The minimum absolute atomic E-state index is 0.0426. The summed E-state index contributed by atoms with van der Waals surface area (Å²) in [7, 11) is 1.42. The van der Waals surface area contributed by atoms with Crippen LogP contribution in [0, 0.1) is 5.82 Å². The molecule has 1 aliphatic heterocycles. The highest BCUT2D eigenvalue weighted by Gasteiger charge is 2.34. The molecule has 3 heterocycles. The Morgan fingerprint density at radius 2 is 1.81 bits per heavy atom. The largest absolute Gasteiger partial charge is 0.493 e. The Morgan fingerprint density at radius 1 is 1.06 bits per heavy atom. The summed E-state index contributed by atoms with van der Waals surface area (Å²) in [6.45, 7) is 6.53. The van der Waals surface area contributed by atoms with Crippen molar-refractivity contribution < 1.29 is 28.2 Å². The quantitative estimate of drug-likeness (QED) is 0.125. The third kappa shape index (κ3) is 6.25. The van der Waals surface area contributed by atoms with Gasteiger partial charge >= 0.3 is 11.9 Å². The number of benzene rings is 3. The lowest BCUT2D eigenvalue weighted by Crippen LogP contribution is -2.40. The minimum Gasteiger partial charge on any atom is -0.493 e. The van der Waals surface area contributed by atoms with Gasteiger partial charge in [-0.25, -0.2) is 18.9 Å². The Balaban J connectivity index is 1.55. The summed E-state index contributed by atoms with van der Waals surface area (Å²) in [5.74, 6) is -1.17. The maximum Gasteiger partial charge on any atom is 0.338 e. The number of allylic oxidation sites excluding steroid dienone is 1. The second kappa shape index (κ2) is 13.5. The Hall–Kier alpha value is -5.88. The van der Waals surface area contributed by atoms with Crippen molar-refractivity contribution in [3.8, 4) is 28.4 Å². The molecular weight excluding hydrogens is 635 g/mol. The van der Waals surface area contributed by atoms with E-state index in [2.05, 4.69) is 11.6 Å². The van der Waals surface area contributed by atoms with Gasteiger partial charge < -0.3 is 14.2 Å². The molecule has 10 nitrogen and oxygen atoms in total. The Morgan fingerprint density at radius 3 is 2.50 bits per heavy atom. The van der Waals surface area contributed by atoms with Crippen molar-refractivity contribution in [3.63, 3.8) is 0 Å². The number of para-hydroxylation sites is 1. The summed E-state index contributed by atoms with van der Waals surface area (Å²) in [6.07, 6.45) is 4.96. The van der Waals surface area contributed by atoms with Gasteiger partial charge in [-0.2, -0.15) is 5.10 Å². The van der Waals surface area contributed by atoms with Crippen LogP contribution in [0.2, 0.25) is 0 Å². The molecule has 0 N–H and O–H groups in total. The first kappa shape index (κ1) is 32.1. The van der Waals surface area contributed by atoms with Crippen LogP contribution >= 0.6 is 11.3 Å². The second-order valence-corrected chi connectivity index (χ2v) is 11.7. The zero-order valence-electron chi connectivity index (χ0n) is 26.2. The third-order valence-electron chi connectivity index (χ3n) is 7.50. The molecule has 0 aliphatic carbocycles. The van der Waals surface area contributed by atoms with E-state index in [1.165, 1.54) is 36.8 Å². The average Bonchev–Trinajstić information content (AvgIpc) is 3.64. The van der Waals surface area contributed by atoms with Gasteiger partial charge in [0.2, 0.25) is 0 Å². The van der Waals surface area contributed by atoms with Gasteiger partial charge in [-0.3, -0.25) is 14.2 Å². The number of ether oxygens (including phenoxy) is 3. The van der Waals surface area contributed by atoms with E-state index < -0.39 is 23.5 Å². The Bertz CT molecular complexity index is 2270. The highest BCUT2D eigenvalue weighted by Crippen LogP contribution is 2.36. The predicted molar refractivity (Wildman–Crippen MR) is 178 cm³/mol. The maximum absolute atomic E-state index is 14.3. The normalized spacial score (nSPS) is 14.2. The molecule has 12 heteroatoms. The number of carbonyl (C=O) groups excluding carboxylic acids is 2. The zero-order valence-corrected chi connectivity index (χ0v) is 27.0. The molecule has 3 aromatic carbocycles. The van der Waals surface area contributed by atoms with Crippen molar-refractivity contribution in [2.45, 2.75) is 19.9 Å². The number of carbonyl (C=O) groups is 2. The first-order valence-corrected chi connectivity index (χ1v) is 15.6. The number of fused-ring (bicyclic) bond motifs is 1. The molecule has 5 aromatic rings. The number of hydrogen-bond donors (Lipinski definition) is 0. The lowest BCUT2D eigenvalue weighted by atomic mass is 9.95. The molecule has 48 heavy (non-hydrogen) atoms. The molecule has 0 spiro atoms. The maximum atomic E-state index is 14.3. The smallest absolute Gasteiger partial charge is 0.338 e. The molecule has 0 amide bonds. The summed E-state index contributed by atoms with van der Waals surface area (Å²) >= 11 is 1.15. The van der Waals surface area contributed by atoms with Gasteiger partial charge in [0, 0.05) is 24.2 Å². The molecule has 1 unspecified atom stereocenters. The summed E-state index contributed by atoms with van der Waals surface area (Å²) in [5, 5.41) is 4.78. The molecule has 0 fully saturated rings. The predicted octanol–water partition coefficient (Wildman–Crippen LogP) is 4.89. The van der Waals surface area contributed by atoms with Crippen LogP contribution in [-0.4, -0.2) is 40.0 Å². The number of methoxy groups -OCH3 is 1. The zero-order chi connectivity index (χ0) is 33.9. The topological polar surface area (TPSA) is 114 Å². The molecule has 0 radical (unpaired) electrons. The Kier molecular flexibility index (Phi) is 9.00. The van der Waals surface area contributed by atoms with Crippen LogP contribution in [0.5, 0.6) is 11.5 Å². The fourth-order valence-electron chi connectivity index (χ4n) is 5.38. The monoisotopic (exact) mass is 664 g/mol. The fourth-order valence-corrected chi connectivity index (χ4v) is 6.42. The van der Waals surface area contributed by atoms with Crippen molar-refractivity contribution in [1.82, 2.24) is 14.3 Å². The van der Waals surface area contributed by atoms with Crippen molar-refractivity contribution in [2.24, 2.45) is 4.99 Å². The van der Waals surface area contributed by atoms with Gasteiger partial charge in [-0.15, -0.1) is 0 Å². The van der Waals surface area contributed by atoms with Crippen LogP contribution in [-0.2, 0) is 14.3 Å². The summed E-state index contributed by atoms with van der Waals surface area (Å²) in [4.78, 5) is 44.5. The minimum atomic E-state index is -0.954. The lowest BCUT2D eigenvalue weighted by molar-refractivity contribution is -0.138. The number of esters is 2. The van der Waals surface area contributed by atoms with E-state index >= 15 is 0 Å². The first-order valence-electron chi connectivity index (χ1n) is 14.8. The van der Waals surface area contributed by atoms with E-state index in [9.17, 15) is 18.8 Å². The van der Waals surface area contributed by atoms with Crippen LogP contribution in [0.15, 0.2) is 113 Å². The number of rotatable bonds is 9. The van der Waals surface area contributed by atoms with Gasteiger partial charge in [0.1, 0.15) is 18.1 Å². The van der Waals surface area contributed by atoms with Crippen LogP contribution in [0.1, 0.15) is 31.0 Å². The van der Waals surface area contributed by atoms with Gasteiger partial charge in [-0.05, 0) is 67.1 Å². The molecular formula is C36H29FN4O6S. The third-order valence-corrected chi connectivity index (χ3v) is 8.48. The second-order valence-electron chi connectivity index (χ2n) is 10.7. The van der Waals surface area contributed by atoms with Crippen molar-refractivity contribution in [2.75, 3.05) is 13.7 Å². The molecule has 242 valence electrons. The van der Waals surface area contributed by atoms with E-state index in [4.69, 9.17) is 19.3 Å². The molecule has 6 rings (SSSR count). The van der Waals surface area contributed by atoms with E-state index in [1.54, 1.807) is 54.2 Å². The number of halogens is 1. The Labute approximate surface area is 278 Å². The average molecular weight is 665 g/mol. The molecule has 0 bridgehead atoms. The number of hydrogen-bond acceptors (Lipinski definition) is 9. The number of thiazole rings is 1. The van der Waals surface area contributed by atoms with E-state index in [0.717, 1.165) is 17.0 Å². The number of aromatic nitrogens is 3. The highest BCUT2D eigenvalue weighted by atomic mass is 32.1. The van der Waals surface area contributed by atoms with Crippen molar-refractivity contribution >= 4 is 29.4 Å². The van der Waals surface area contributed by atoms with Gasteiger partial charge in [0.05, 0.1) is 34.6 Å². The van der Waals surface area contributed by atoms with Crippen LogP contribution in [0.3, 0.4) is 0 Å². The number of nitrogens with zero attached hydrogens (tertiary/aromatic N) is 4. The summed E-state index contributed by atoms with van der Waals surface area (Å²) in [5.41, 5.74) is 3.22. The first-order chi connectivity index (χ1) is 23.2. The van der Waals surface area contributed by atoms with E-state index in [-0.39, 0.29) is 29.5 Å². The van der Waals surface area contributed by atoms with Crippen molar-refractivity contribution in [3.05, 3.63) is 140 Å². The van der Waals surface area contributed by atoms with E-state index in [1.807, 2.05) is 30.3 Å². The summed E-state index contributed by atoms with van der Waals surface area (Å²) in [6, 6.07) is 19.3. The van der Waals surface area contributed by atoms with E-state index in [0.29, 0.717) is 37.4 Å². The fraction of sp³-hybridized carbons (Fsp3) is 0.139. The van der Waals surface area contributed by atoms with Gasteiger partial charge in [0.15, 0.2) is 16.3 Å². The van der Waals surface area contributed by atoms with Crippen LogP contribution in [0.25, 0.3) is 23.0 Å². The summed E-state index contributed by atoms with van der Waals surface area (Å²) < 4.78 is 33.5. The molecule has 0 saturated heterocycles. The SMILES string of the molecule is C=CCOC(=O)C1=C(C)N=c2s/c(=C\c3cn(-c4ccccc4)nc3-c3ccc(F)cc3)c(=O)n2C1c1ccc(OC(C)=O)c(OC)c1. The highest BCUT2D eigenvalue weighted by molar-refractivity contribution is 7.07. The molecule has 1 atom stereocenters. The lowest BCUT2D eigenvalue weighted by Gasteiger charge is -2.25. The van der Waals surface area contributed by atoms with Crippen LogP contribution < -0.4 is 24.4 Å². The van der Waals surface area contributed by atoms with Gasteiger partial charge in [0.25, 0.3) is 5.56 Å². The van der Waals surface area contributed by atoms with Crippen LogP contribution in [0.4, 0.5) is 4.39 Å². The van der Waals surface area contributed by atoms with Gasteiger partial charge in [-0.1, -0.05) is 48.3 Å². The van der Waals surface area contributed by atoms with Crippen molar-refractivity contribution in [1.29, 1.82) is 0 Å². The molecule has 2 aromatic heterocycles. The molecule has 1 aliphatic rings. The molecule has 0 saturated carbocycles. The standard InChI is InChI=1S/C36H29FN4O6S/c1-5-17-46-35(44)31-21(2)38-36-41(33(31)24-13-16-28(47-22(3)42)29(18-24)45-4)34(43)30(48-36)19-25-20-40(27-9-7-6-8-10-27)39-32(25)23-11-14-26(37)15-12-23/h5-16,18-20,33H,1,17H2,2-4H3/b30-19-.